The third-order valence-electron chi connectivity index (χ3n) is 4.97. The highest BCUT2D eigenvalue weighted by molar-refractivity contribution is 5.77. The summed E-state index contributed by atoms with van der Waals surface area (Å²) in [6.45, 7) is 2.78. The average molecular weight is 287 g/mol. The number of amides is 1. The quantitative estimate of drug-likeness (QED) is 0.926. The highest BCUT2D eigenvalue weighted by Gasteiger charge is 2.41. The Labute approximate surface area is 126 Å². The molecule has 0 radical (unpaired) electrons. The molecule has 0 bridgehead atoms. The summed E-state index contributed by atoms with van der Waals surface area (Å²) in [4.78, 5) is 19.0. The normalized spacial score (nSPS) is 21.4. The van der Waals surface area contributed by atoms with Crippen LogP contribution in [0, 0.1) is 0 Å². The smallest absolute Gasteiger partial charge is 0.223 e. The first kappa shape index (κ1) is 14.5. The van der Waals surface area contributed by atoms with Crippen molar-refractivity contribution in [2.24, 2.45) is 0 Å². The van der Waals surface area contributed by atoms with Crippen LogP contribution in [0.25, 0.3) is 0 Å². The monoisotopic (exact) mass is 287 g/mol. The second-order valence-corrected chi connectivity index (χ2v) is 6.37. The molecule has 1 N–H and O–H groups in total. The molecule has 1 aromatic heterocycles. The molecule has 1 aromatic rings. The molecule has 2 fully saturated rings. The summed E-state index contributed by atoms with van der Waals surface area (Å²) >= 11 is 0. The van der Waals surface area contributed by atoms with Crippen molar-refractivity contribution in [2.45, 2.75) is 50.5 Å². The number of carbonyl (C=O) groups is 1. The molecule has 0 unspecified atom stereocenters. The van der Waals surface area contributed by atoms with E-state index in [0.717, 1.165) is 31.6 Å². The van der Waals surface area contributed by atoms with Crippen LogP contribution in [0.4, 0.5) is 0 Å². The van der Waals surface area contributed by atoms with E-state index in [0.29, 0.717) is 12.3 Å². The highest BCUT2D eigenvalue weighted by atomic mass is 16.2. The van der Waals surface area contributed by atoms with E-state index in [1.807, 2.05) is 12.3 Å². The van der Waals surface area contributed by atoms with Gasteiger partial charge < -0.3 is 10.2 Å². The second kappa shape index (κ2) is 6.56. The van der Waals surface area contributed by atoms with E-state index in [-0.39, 0.29) is 5.54 Å². The first-order valence-electron chi connectivity index (χ1n) is 8.20. The zero-order chi connectivity index (χ0) is 14.5. The third-order valence-corrected chi connectivity index (χ3v) is 4.97. The lowest BCUT2D eigenvalue weighted by atomic mass is 9.79. The van der Waals surface area contributed by atoms with Gasteiger partial charge in [-0.25, -0.2) is 0 Å². The van der Waals surface area contributed by atoms with Crippen molar-refractivity contribution < 1.29 is 4.79 Å². The van der Waals surface area contributed by atoms with Gasteiger partial charge in [-0.05, 0) is 30.9 Å². The summed E-state index contributed by atoms with van der Waals surface area (Å²) in [5.74, 6) is 0.322. The van der Waals surface area contributed by atoms with Gasteiger partial charge in [-0.3, -0.25) is 9.78 Å². The maximum Gasteiger partial charge on any atom is 0.223 e. The number of nitrogens with zero attached hydrogens (tertiary/aromatic N) is 2. The van der Waals surface area contributed by atoms with Gasteiger partial charge >= 0.3 is 0 Å². The molecule has 21 heavy (non-hydrogen) atoms. The minimum Gasteiger partial charge on any atom is -0.334 e. The minimum atomic E-state index is 0.0997. The Morgan fingerprint density at radius 3 is 2.95 bits per heavy atom. The van der Waals surface area contributed by atoms with Crippen LogP contribution in [0.15, 0.2) is 24.5 Å². The lowest BCUT2D eigenvalue weighted by Gasteiger charge is -2.50. The predicted molar refractivity (Wildman–Crippen MR) is 83.0 cm³/mol. The molecular weight excluding hydrogens is 262 g/mol. The number of piperazine rings is 1. The van der Waals surface area contributed by atoms with Gasteiger partial charge in [0.25, 0.3) is 0 Å². The second-order valence-electron chi connectivity index (χ2n) is 6.37. The van der Waals surface area contributed by atoms with Crippen molar-refractivity contribution in [3.63, 3.8) is 0 Å². The fourth-order valence-corrected chi connectivity index (χ4v) is 3.82. The van der Waals surface area contributed by atoms with Crippen molar-refractivity contribution in [1.82, 2.24) is 15.2 Å². The Bertz CT molecular complexity index is 460. The molecule has 4 heteroatoms. The van der Waals surface area contributed by atoms with E-state index in [1.54, 1.807) is 6.20 Å². The van der Waals surface area contributed by atoms with Crippen molar-refractivity contribution in [1.29, 1.82) is 0 Å². The standard InChI is InChI=1S/C17H25N3O/c21-16(7-6-15-5-4-10-18-13-15)20-12-11-19-14-17(20)8-2-1-3-9-17/h4-5,10,13,19H,1-3,6-9,11-12,14H2. The van der Waals surface area contributed by atoms with Gasteiger partial charge in [0.15, 0.2) is 0 Å². The molecule has 1 saturated carbocycles. The molecular formula is C17H25N3O. The number of pyridine rings is 1. The van der Waals surface area contributed by atoms with Gasteiger partial charge in [0.2, 0.25) is 5.91 Å². The maximum absolute atomic E-state index is 12.7. The lowest BCUT2D eigenvalue weighted by molar-refractivity contribution is -0.140. The van der Waals surface area contributed by atoms with Crippen molar-refractivity contribution in [2.75, 3.05) is 19.6 Å². The molecule has 1 aliphatic heterocycles. The zero-order valence-electron chi connectivity index (χ0n) is 12.7. The van der Waals surface area contributed by atoms with Crippen LogP contribution in [-0.4, -0.2) is 41.0 Å². The number of hydrogen-bond donors (Lipinski definition) is 1. The van der Waals surface area contributed by atoms with Gasteiger partial charge in [-0.2, -0.15) is 0 Å². The van der Waals surface area contributed by atoms with E-state index in [4.69, 9.17) is 0 Å². The van der Waals surface area contributed by atoms with Crippen LogP contribution in [-0.2, 0) is 11.2 Å². The molecule has 114 valence electrons. The Kier molecular flexibility index (Phi) is 4.54. The topological polar surface area (TPSA) is 45.2 Å². The molecule has 2 aliphatic rings. The van der Waals surface area contributed by atoms with Gasteiger partial charge in [0, 0.05) is 38.4 Å². The van der Waals surface area contributed by atoms with Gasteiger partial charge in [0.1, 0.15) is 0 Å². The van der Waals surface area contributed by atoms with Gasteiger partial charge in [0.05, 0.1) is 5.54 Å². The van der Waals surface area contributed by atoms with E-state index in [1.165, 1.54) is 32.1 Å². The van der Waals surface area contributed by atoms with Gasteiger partial charge in [-0.15, -0.1) is 0 Å². The molecule has 1 spiro atoms. The number of carbonyl (C=O) groups excluding carboxylic acids is 1. The van der Waals surface area contributed by atoms with Crippen LogP contribution in [0.3, 0.4) is 0 Å². The first-order chi connectivity index (χ1) is 10.3. The number of aryl methyl sites for hydroxylation is 1. The van der Waals surface area contributed by atoms with Crippen LogP contribution in [0.1, 0.15) is 44.1 Å². The number of nitrogens with one attached hydrogen (secondary N) is 1. The molecule has 0 aromatic carbocycles. The Hall–Kier alpha value is -1.42. The third kappa shape index (κ3) is 3.26. The maximum atomic E-state index is 12.7. The molecule has 1 amide bonds. The molecule has 4 nitrogen and oxygen atoms in total. The van der Waals surface area contributed by atoms with Crippen molar-refractivity contribution in [3.05, 3.63) is 30.1 Å². The van der Waals surface area contributed by atoms with Crippen molar-refractivity contribution >= 4 is 5.91 Å². The Morgan fingerprint density at radius 1 is 1.33 bits per heavy atom. The van der Waals surface area contributed by atoms with Crippen LogP contribution in [0.5, 0.6) is 0 Å². The fourth-order valence-electron chi connectivity index (χ4n) is 3.82. The molecule has 1 aliphatic carbocycles. The Morgan fingerprint density at radius 2 is 2.19 bits per heavy atom. The molecule has 1 saturated heterocycles. The number of aromatic nitrogens is 1. The van der Waals surface area contributed by atoms with Crippen LogP contribution >= 0.6 is 0 Å². The summed E-state index contributed by atoms with van der Waals surface area (Å²) < 4.78 is 0. The number of hydrogen-bond acceptors (Lipinski definition) is 3. The minimum absolute atomic E-state index is 0.0997. The van der Waals surface area contributed by atoms with Crippen LogP contribution < -0.4 is 5.32 Å². The lowest BCUT2D eigenvalue weighted by Crippen LogP contribution is -2.63. The van der Waals surface area contributed by atoms with E-state index in [2.05, 4.69) is 21.3 Å². The van der Waals surface area contributed by atoms with Gasteiger partial charge in [-0.1, -0.05) is 25.3 Å². The first-order valence-corrected chi connectivity index (χ1v) is 8.20. The van der Waals surface area contributed by atoms with Crippen molar-refractivity contribution in [3.8, 4) is 0 Å². The summed E-state index contributed by atoms with van der Waals surface area (Å²) in [5, 5.41) is 3.50. The summed E-state index contributed by atoms with van der Waals surface area (Å²) in [6, 6.07) is 3.99. The molecule has 0 atom stereocenters. The largest absolute Gasteiger partial charge is 0.334 e. The van der Waals surface area contributed by atoms with E-state index < -0.39 is 0 Å². The highest BCUT2D eigenvalue weighted by Crippen LogP contribution is 2.35. The van der Waals surface area contributed by atoms with Crippen LogP contribution in [0.2, 0.25) is 0 Å². The molecule has 3 rings (SSSR count). The van der Waals surface area contributed by atoms with E-state index in [9.17, 15) is 4.79 Å². The summed E-state index contributed by atoms with van der Waals surface area (Å²) in [5.41, 5.74) is 1.25. The Balaban J connectivity index is 1.64. The summed E-state index contributed by atoms with van der Waals surface area (Å²) in [7, 11) is 0. The number of rotatable bonds is 3. The zero-order valence-corrected chi connectivity index (χ0v) is 12.7. The van der Waals surface area contributed by atoms with E-state index >= 15 is 0 Å². The average Bonchev–Trinajstić information content (AvgIpc) is 2.55. The molecule has 2 heterocycles. The predicted octanol–water partition coefficient (Wildman–Crippen LogP) is 2.15. The summed E-state index contributed by atoms with van der Waals surface area (Å²) in [6.07, 6.45) is 11.2. The fraction of sp³-hybridized carbons (Fsp3) is 0.647. The SMILES string of the molecule is O=C(CCc1cccnc1)N1CCNCC12CCCCC2.